The Morgan fingerprint density at radius 2 is 2.11 bits per heavy atom. The molecule has 1 N–H and O–H groups in total. The second-order valence-electron chi connectivity index (χ2n) is 5.42. The number of hydrogen-bond donors (Lipinski definition) is 1. The Balaban J connectivity index is 2.27. The van der Waals surface area contributed by atoms with Gasteiger partial charge in [0.05, 0.1) is 5.69 Å². The number of aromatic nitrogens is 1. The van der Waals surface area contributed by atoms with Crippen LogP contribution in [0.2, 0.25) is 0 Å². The molecule has 0 aromatic carbocycles. The molecule has 1 aliphatic heterocycles. The van der Waals surface area contributed by atoms with Gasteiger partial charge in [0, 0.05) is 18.3 Å². The number of rotatable bonds is 0. The average Bonchev–Trinajstić information content (AvgIpc) is 2.25. The Morgan fingerprint density at radius 1 is 1.39 bits per heavy atom. The van der Waals surface area contributed by atoms with Crippen molar-refractivity contribution >= 4 is 11.8 Å². The Kier molecular flexibility index (Phi) is 3.15. The first-order valence-corrected chi connectivity index (χ1v) is 6.09. The number of carbonyl (C=O) groups excluding carboxylic acids is 1. The zero-order chi connectivity index (χ0) is 13.3. The van der Waals surface area contributed by atoms with E-state index in [2.05, 4.69) is 4.98 Å². The van der Waals surface area contributed by atoms with E-state index in [0.29, 0.717) is 6.54 Å². The molecule has 5 nitrogen and oxygen atoms in total. The average molecular weight is 250 g/mol. The van der Waals surface area contributed by atoms with Crippen LogP contribution in [-0.4, -0.2) is 23.2 Å². The number of carbonyl (C=O) groups is 1. The number of nitrogens with one attached hydrogen (secondary N) is 1. The number of anilines is 1. The standard InChI is InChI=1S/C13H18N2O3/c1-13(2,3)18-12(17)15-8-4-5-9-10(15)6-7-11(16)14-9/h6-7H,4-5,8H2,1-3H3,(H,14,16). The lowest BCUT2D eigenvalue weighted by atomic mass is 10.1. The maximum Gasteiger partial charge on any atom is 0.414 e. The molecule has 0 spiro atoms. The SMILES string of the molecule is CC(C)(C)OC(=O)N1CCCc2[nH]c(=O)ccc21. The first-order chi connectivity index (χ1) is 8.37. The minimum atomic E-state index is -0.517. The fourth-order valence-electron chi connectivity index (χ4n) is 1.99. The summed E-state index contributed by atoms with van der Waals surface area (Å²) in [6.07, 6.45) is 1.24. The molecule has 5 heteroatoms. The molecule has 0 bridgehead atoms. The third-order valence-electron chi connectivity index (χ3n) is 2.69. The van der Waals surface area contributed by atoms with Crippen LogP contribution in [0.15, 0.2) is 16.9 Å². The van der Waals surface area contributed by atoms with Gasteiger partial charge in [-0.1, -0.05) is 0 Å². The number of ether oxygens (including phenoxy) is 1. The van der Waals surface area contributed by atoms with Gasteiger partial charge in [-0.05, 0) is 39.7 Å². The molecule has 2 rings (SSSR count). The number of aryl methyl sites for hydroxylation is 1. The summed E-state index contributed by atoms with van der Waals surface area (Å²) < 4.78 is 5.36. The van der Waals surface area contributed by atoms with E-state index in [4.69, 9.17) is 4.74 Å². The van der Waals surface area contributed by atoms with E-state index in [-0.39, 0.29) is 11.7 Å². The van der Waals surface area contributed by atoms with E-state index in [1.807, 2.05) is 20.8 Å². The van der Waals surface area contributed by atoms with Crippen molar-refractivity contribution in [2.75, 3.05) is 11.4 Å². The molecule has 1 amide bonds. The largest absolute Gasteiger partial charge is 0.443 e. The van der Waals surface area contributed by atoms with Gasteiger partial charge in [0.25, 0.3) is 0 Å². The van der Waals surface area contributed by atoms with Gasteiger partial charge in [-0.25, -0.2) is 4.79 Å². The highest BCUT2D eigenvalue weighted by Gasteiger charge is 2.27. The summed E-state index contributed by atoms with van der Waals surface area (Å²) in [6, 6.07) is 3.11. The summed E-state index contributed by atoms with van der Waals surface area (Å²) in [5.74, 6) is 0. The minimum Gasteiger partial charge on any atom is -0.443 e. The van der Waals surface area contributed by atoms with Crippen molar-refractivity contribution in [3.8, 4) is 0 Å². The number of H-pyrrole nitrogens is 1. The monoisotopic (exact) mass is 250 g/mol. The highest BCUT2D eigenvalue weighted by molar-refractivity contribution is 5.89. The maximum atomic E-state index is 12.1. The highest BCUT2D eigenvalue weighted by atomic mass is 16.6. The van der Waals surface area contributed by atoms with E-state index >= 15 is 0 Å². The van der Waals surface area contributed by atoms with E-state index < -0.39 is 5.60 Å². The van der Waals surface area contributed by atoms with Crippen LogP contribution in [0.25, 0.3) is 0 Å². The number of amides is 1. The lowest BCUT2D eigenvalue weighted by Gasteiger charge is -2.31. The van der Waals surface area contributed by atoms with Crippen LogP contribution in [0.1, 0.15) is 32.9 Å². The quantitative estimate of drug-likeness (QED) is 0.766. The number of nitrogens with zero attached hydrogens (tertiary/aromatic N) is 1. The summed E-state index contributed by atoms with van der Waals surface area (Å²) in [6.45, 7) is 6.13. The molecule has 0 saturated heterocycles. The molecule has 1 aromatic heterocycles. The van der Waals surface area contributed by atoms with Crippen molar-refractivity contribution in [3.63, 3.8) is 0 Å². The molecule has 0 saturated carbocycles. The first kappa shape index (κ1) is 12.7. The second-order valence-corrected chi connectivity index (χ2v) is 5.42. The van der Waals surface area contributed by atoms with Gasteiger partial charge < -0.3 is 9.72 Å². The van der Waals surface area contributed by atoms with Crippen molar-refractivity contribution in [2.45, 2.75) is 39.2 Å². The Bertz CT molecular complexity index is 514. The zero-order valence-corrected chi connectivity index (χ0v) is 10.9. The fraction of sp³-hybridized carbons (Fsp3) is 0.538. The van der Waals surface area contributed by atoms with Crippen LogP contribution in [-0.2, 0) is 11.2 Å². The Hall–Kier alpha value is -1.78. The Labute approximate surface area is 106 Å². The normalized spacial score (nSPS) is 15.2. The topological polar surface area (TPSA) is 62.4 Å². The minimum absolute atomic E-state index is 0.139. The molecular formula is C13H18N2O3. The number of pyridine rings is 1. The van der Waals surface area contributed by atoms with Crippen molar-refractivity contribution < 1.29 is 9.53 Å². The van der Waals surface area contributed by atoms with Crippen LogP contribution in [0.3, 0.4) is 0 Å². The molecule has 0 unspecified atom stereocenters. The third kappa shape index (κ3) is 2.72. The van der Waals surface area contributed by atoms with Gasteiger partial charge in [0.1, 0.15) is 5.60 Å². The summed E-state index contributed by atoms with van der Waals surface area (Å²) in [7, 11) is 0. The van der Waals surface area contributed by atoms with Gasteiger partial charge >= 0.3 is 6.09 Å². The van der Waals surface area contributed by atoms with E-state index in [1.165, 1.54) is 6.07 Å². The molecule has 0 atom stereocenters. The van der Waals surface area contributed by atoms with E-state index in [1.54, 1.807) is 11.0 Å². The molecule has 0 radical (unpaired) electrons. The summed E-state index contributed by atoms with van der Waals surface area (Å²) in [5.41, 5.74) is 0.895. The van der Waals surface area contributed by atoms with Gasteiger partial charge in [-0.3, -0.25) is 9.69 Å². The van der Waals surface area contributed by atoms with Crippen molar-refractivity contribution in [2.24, 2.45) is 0 Å². The van der Waals surface area contributed by atoms with Gasteiger partial charge in [0.2, 0.25) is 5.56 Å². The van der Waals surface area contributed by atoms with E-state index in [0.717, 1.165) is 24.2 Å². The molecular weight excluding hydrogens is 232 g/mol. The number of aromatic amines is 1. The molecule has 0 aliphatic carbocycles. The van der Waals surface area contributed by atoms with Gasteiger partial charge in [-0.2, -0.15) is 0 Å². The lowest BCUT2D eigenvalue weighted by molar-refractivity contribution is 0.0577. The van der Waals surface area contributed by atoms with Gasteiger partial charge in [-0.15, -0.1) is 0 Å². The van der Waals surface area contributed by atoms with Crippen LogP contribution in [0.4, 0.5) is 10.5 Å². The van der Waals surface area contributed by atoms with Crippen molar-refractivity contribution in [1.82, 2.24) is 4.98 Å². The van der Waals surface area contributed by atoms with Crippen LogP contribution >= 0.6 is 0 Å². The molecule has 2 heterocycles. The zero-order valence-electron chi connectivity index (χ0n) is 10.9. The van der Waals surface area contributed by atoms with E-state index in [9.17, 15) is 9.59 Å². The predicted molar refractivity (Wildman–Crippen MR) is 69.0 cm³/mol. The second kappa shape index (κ2) is 4.48. The van der Waals surface area contributed by atoms with Crippen LogP contribution in [0.5, 0.6) is 0 Å². The van der Waals surface area contributed by atoms with Crippen LogP contribution < -0.4 is 10.5 Å². The van der Waals surface area contributed by atoms with Gasteiger partial charge in [0.15, 0.2) is 0 Å². The third-order valence-corrected chi connectivity index (χ3v) is 2.69. The molecule has 18 heavy (non-hydrogen) atoms. The first-order valence-electron chi connectivity index (χ1n) is 6.09. The fourth-order valence-corrected chi connectivity index (χ4v) is 1.99. The summed E-state index contributed by atoms with van der Waals surface area (Å²) >= 11 is 0. The smallest absolute Gasteiger partial charge is 0.414 e. The number of hydrogen-bond acceptors (Lipinski definition) is 3. The van der Waals surface area contributed by atoms with Crippen LogP contribution in [0, 0.1) is 0 Å². The highest BCUT2D eigenvalue weighted by Crippen LogP contribution is 2.25. The molecule has 1 aliphatic rings. The Morgan fingerprint density at radius 3 is 2.78 bits per heavy atom. The van der Waals surface area contributed by atoms with Crippen molar-refractivity contribution in [1.29, 1.82) is 0 Å². The number of fused-ring (bicyclic) bond motifs is 1. The lowest BCUT2D eigenvalue weighted by Crippen LogP contribution is -2.40. The molecule has 0 fully saturated rings. The summed E-state index contributed by atoms with van der Waals surface area (Å²) in [4.78, 5) is 27.7. The predicted octanol–water partition coefficient (Wildman–Crippen LogP) is 2.06. The molecule has 1 aromatic rings. The molecule has 98 valence electrons. The van der Waals surface area contributed by atoms with Crippen molar-refractivity contribution in [3.05, 3.63) is 28.2 Å². The summed E-state index contributed by atoms with van der Waals surface area (Å²) in [5, 5.41) is 0. The maximum absolute atomic E-state index is 12.1.